The summed E-state index contributed by atoms with van der Waals surface area (Å²) in [5.41, 5.74) is 8.50. The van der Waals surface area contributed by atoms with Crippen molar-refractivity contribution >= 4 is 5.91 Å². The monoisotopic (exact) mass is 353 g/mol. The molecule has 136 valence electrons. The number of fused-ring (bicyclic) bond motifs is 1. The van der Waals surface area contributed by atoms with Gasteiger partial charge in [0.15, 0.2) is 11.5 Å². The van der Waals surface area contributed by atoms with E-state index in [0.717, 1.165) is 22.6 Å². The van der Waals surface area contributed by atoms with Gasteiger partial charge in [0.2, 0.25) is 5.91 Å². The van der Waals surface area contributed by atoms with Crippen molar-refractivity contribution in [2.24, 2.45) is 5.92 Å². The molecule has 2 N–H and O–H groups in total. The molecule has 0 radical (unpaired) electrons. The smallest absolute Gasteiger partial charge is 0.229 e. The predicted molar refractivity (Wildman–Crippen MR) is 97.7 cm³/mol. The maximum absolute atomic E-state index is 13.0. The molecule has 0 saturated carbocycles. The molecular weight excluding hydrogens is 330 g/mol. The van der Waals surface area contributed by atoms with Gasteiger partial charge in [0.05, 0.1) is 12.0 Å². The number of carbonyl (C=O) groups is 1. The van der Waals surface area contributed by atoms with Gasteiger partial charge in [0.1, 0.15) is 13.2 Å². The number of rotatable bonds is 4. The normalized spacial score (nSPS) is 21.4. The first-order valence-electron chi connectivity index (χ1n) is 8.89. The second-order valence-corrected chi connectivity index (χ2v) is 6.69. The minimum atomic E-state index is -0.139. The minimum Gasteiger partial charge on any atom is -0.486 e. The molecule has 26 heavy (non-hydrogen) atoms. The third kappa shape index (κ3) is 3.38. The molecule has 2 atom stereocenters. The van der Waals surface area contributed by atoms with Crippen LogP contribution >= 0.6 is 0 Å². The molecule has 2 aliphatic heterocycles. The average Bonchev–Trinajstić information content (AvgIpc) is 3.17. The van der Waals surface area contributed by atoms with Gasteiger partial charge in [-0.25, -0.2) is 5.43 Å². The largest absolute Gasteiger partial charge is 0.486 e. The fourth-order valence-electron chi connectivity index (χ4n) is 3.52. The van der Waals surface area contributed by atoms with E-state index in [0.29, 0.717) is 26.3 Å². The molecule has 1 amide bonds. The lowest BCUT2D eigenvalue weighted by Crippen LogP contribution is -2.36. The van der Waals surface area contributed by atoms with Crippen molar-refractivity contribution in [3.8, 4) is 11.5 Å². The van der Waals surface area contributed by atoms with E-state index in [4.69, 9.17) is 9.47 Å². The number of nitrogens with zero attached hydrogens (tertiary/aromatic N) is 1. The standard InChI is InChI=1S/C20H23N3O3/c1-23(13-14-7-8-17-18(11-14)26-10-9-25-17)20(24)16-12-21-22-19(16)15-5-3-2-4-6-15/h2-8,11,16,19,21-22H,9-10,12-13H2,1H3. The summed E-state index contributed by atoms with van der Waals surface area (Å²) in [6, 6.07) is 15.9. The van der Waals surface area contributed by atoms with Gasteiger partial charge in [-0.05, 0) is 23.3 Å². The molecule has 2 aromatic carbocycles. The first kappa shape index (κ1) is 16.9. The van der Waals surface area contributed by atoms with Crippen LogP contribution in [0.15, 0.2) is 48.5 Å². The van der Waals surface area contributed by atoms with Crippen LogP contribution in [0.5, 0.6) is 11.5 Å². The molecule has 2 unspecified atom stereocenters. The molecule has 2 heterocycles. The Morgan fingerprint density at radius 3 is 2.69 bits per heavy atom. The van der Waals surface area contributed by atoms with Crippen LogP contribution in [0.3, 0.4) is 0 Å². The van der Waals surface area contributed by atoms with Crippen LogP contribution in [0.25, 0.3) is 0 Å². The maximum Gasteiger partial charge on any atom is 0.229 e. The van der Waals surface area contributed by atoms with Crippen molar-refractivity contribution in [3.63, 3.8) is 0 Å². The molecule has 1 saturated heterocycles. The summed E-state index contributed by atoms with van der Waals surface area (Å²) in [5, 5.41) is 0. The fraction of sp³-hybridized carbons (Fsp3) is 0.350. The van der Waals surface area contributed by atoms with Crippen molar-refractivity contribution in [2.45, 2.75) is 12.6 Å². The second kappa shape index (κ2) is 7.35. The molecule has 4 rings (SSSR count). The number of ether oxygens (including phenoxy) is 2. The van der Waals surface area contributed by atoms with Crippen LogP contribution in [0.1, 0.15) is 17.2 Å². The SMILES string of the molecule is CN(Cc1ccc2c(c1)OCCO2)C(=O)C1CNNC1c1ccccc1. The van der Waals surface area contributed by atoms with Crippen molar-refractivity contribution in [3.05, 3.63) is 59.7 Å². The van der Waals surface area contributed by atoms with E-state index in [1.807, 2.05) is 55.6 Å². The summed E-state index contributed by atoms with van der Waals surface area (Å²) in [7, 11) is 1.85. The number of hydrogen-bond acceptors (Lipinski definition) is 5. The summed E-state index contributed by atoms with van der Waals surface area (Å²) in [6.07, 6.45) is 0. The lowest BCUT2D eigenvalue weighted by atomic mass is 9.93. The number of amides is 1. The Morgan fingerprint density at radius 2 is 1.88 bits per heavy atom. The summed E-state index contributed by atoms with van der Waals surface area (Å²) >= 11 is 0. The van der Waals surface area contributed by atoms with Gasteiger partial charge < -0.3 is 14.4 Å². The highest BCUT2D eigenvalue weighted by Crippen LogP contribution is 2.31. The number of benzene rings is 2. The fourth-order valence-corrected chi connectivity index (χ4v) is 3.52. The molecule has 0 spiro atoms. The van der Waals surface area contributed by atoms with Gasteiger partial charge in [-0.1, -0.05) is 36.4 Å². The van der Waals surface area contributed by atoms with Crippen LogP contribution in [0.2, 0.25) is 0 Å². The van der Waals surface area contributed by atoms with Gasteiger partial charge in [-0.2, -0.15) is 0 Å². The minimum absolute atomic E-state index is 0.0218. The Kier molecular flexibility index (Phi) is 4.77. The van der Waals surface area contributed by atoms with E-state index in [9.17, 15) is 4.79 Å². The zero-order chi connectivity index (χ0) is 17.9. The Morgan fingerprint density at radius 1 is 1.12 bits per heavy atom. The van der Waals surface area contributed by atoms with Crippen molar-refractivity contribution < 1.29 is 14.3 Å². The lowest BCUT2D eigenvalue weighted by Gasteiger charge is -2.25. The summed E-state index contributed by atoms with van der Waals surface area (Å²) in [4.78, 5) is 14.8. The van der Waals surface area contributed by atoms with E-state index in [1.165, 1.54) is 0 Å². The third-order valence-corrected chi connectivity index (χ3v) is 4.86. The van der Waals surface area contributed by atoms with Crippen LogP contribution in [0.4, 0.5) is 0 Å². The first-order valence-corrected chi connectivity index (χ1v) is 8.89. The maximum atomic E-state index is 13.0. The summed E-state index contributed by atoms with van der Waals surface area (Å²) in [6.45, 7) is 2.29. The van der Waals surface area contributed by atoms with Gasteiger partial charge in [-0.3, -0.25) is 10.2 Å². The van der Waals surface area contributed by atoms with E-state index in [2.05, 4.69) is 10.9 Å². The van der Waals surface area contributed by atoms with E-state index in [-0.39, 0.29) is 17.9 Å². The number of hydrazine groups is 1. The van der Waals surface area contributed by atoms with Crippen molar-refractivity contribution in [2.75, 3.05) is 26.8 Å². The van der Waals surface area contributed by atoms with Gasteiger partial charge in [0, 0.05) is 20.1 Å². The zero-order valence-corrected chi connectivity index (χ0v) is 14.8. The topological polar surface area (TPSA) is 62.8 Å². The highest BCUT2D eigenvalue weighted by Gasteiger charge is 2.35. The summed E-state index contributed by atoms with van der Waals surface area (Å²) < 4.78 is 11.2. The highest BCUT2D eigenvalue weighted by atomic mass is 16.6. The van der Waals surface area contributed by atoms with Gasteiger partial charge in [0.25, 0.3) is 0 Å². The Hall–Kier alpha value is -2.57. The molecule has 0 aliphatic carbocycles. The molecule has 6 nitrogen and oxygen atoms in total. The predicted octanol–water partition coefficient (Wildman–Crippen LogP) is 1.88. The van der Waals surface area contributed by atoms with Gasteiger partial charge in [-0.15, -0.1) is 0 Å². The van der Waals surface area contributed by atoms with Gasteiger partial charge >= 0.3 is 0 Å². The molecule has 0 bridgehead atoms. The van der Waals surface area contributed by atoms with Crippen LogP contribution in [-0.2, 0) is 11.3 Å². The molecule has 6 heteroatoms. The Balaban J connectivity index is 1.46. The Labute approximate surface area is 153 Å². The lowest BCUT2D eigenvalue weighted by molar-refractivity contribution is -0.134. The first-order chi connectivity index (χ1) is 12.7. The van der Waals surface area contributed by atoms with Crippen molar-refractivity contribution in [1.82, 2.24) is 15.8 Å². The molecule has 2 aromatic rings. The molecule has 2 aliphatic rings. The average molecular weight is 353 g/mol. The van der Waals surface area contributed by atoms with E-state index in [1.54, 1.807) is 4.90 Å². The summed E-state index contributed by atoms with van der Waals surface area (Å²) in [5.74, 6) is 1.49. The van der Waals surface area contributed by atoms with E-state index < -0.39 is 0 Å². The number of nitrogens with one attached hydrogen (secondary N) is 2. The number of carbonyl (C=O) groups excluding carboxylic acids is 1. The van der Waals surface area contributed by atoms with Crippen LogP contribution in [-0.4, -0.2) is 37.6 Å². The molecule has 0 aromatic heterocycles. The molecular formula is C20H23N3O3. The highest BCUT2D eigenvalue weighted by molar-refractivity contribution is 5.80. The third-order valence-electron chi connectivity index (χ3n) is 4.86. The Bertz CT molecular complexity index is 781. The van der Waals surface area contributed by atoms with Crippen LogP contribution < -0.4 is 20.3 Å². The number of hydrogen-bond donors (Lipinski definition) is 2. The molecule has 1 fully saturated rings. The van der Waals surface area contributed by atoms with Crippen molar-refractivity contribution in [1.29, 1.82) is 0 Å². The second-order valence-electron chi connectivity index (χ2n) is 6.69. The zero-order valence-electron chi connectivity index (χ0n) is 14.8. The quantitative estimate of drug-likeness (QED) is 0.879. The van der Waals surface area contributed by atoms with E-state index >= 15 is 0 Å². The van der Waals surface area contributed by atoms with Crippen LogP contribution in [0, 0.1) is 5.92 Å².